The topological polar surface area (TPSA) is 110 Å². The Bertz CT molecular complexity index is 659. The summed E-state index contributed by atoms with van der Waals surface area (Å²) in [6.07, 6.45) is 3.06. The molecule has 0 aliphatic rings. The standard InChI is InChI=1S/C9H10BrN5O2S2/c10-6-1-8(9(15-11)13-2-6)19(16,17)14-4-7-3-12-5-18-7/h1-3,5,14H,4,11H2,(H,13,15). The van der Waals surface area contributed by atoms with Crippen LogP contribution in [0.2, 0.25) is 0 Å². The molecule has 4 N–H and O–H groups in total. The summed E-state index contributed by atoms with van der Waals surface area (Å²) < 4.78 is 27.4. The first kappa shape index (κ1) is 14.3. The molecule has 0 spiro atoms. The molecule has 0 atom stereocenters. The first-order valence-electron chi connectivity index (χ1n) is 5.02. The highest BCUT2D eigenvalue weighted by Gasteiger charge is 2.20. The van der Waals surface area contributed by atoms with E-state index in [1.165, 1.54) is 23.6 Å². The summed E-state index contributed by atoms with van der Waals surface area (Å²) in [5, 5.41) is 0. The number of pyridine rings is 1. The van der Waals surface area contributed by atoms with Gasteiger partial charge in [0.2, 0.25) is 10.0 Å². The minimum Gasteiger partial charge on any atom is -0.307 e. The molecule has 19 heavy (non-hydrogen) atoms. The molecule has 2 rings (SSSR count). The molecule has 0 amide bonds. The van der Waals surface area contributed by atoms with Gasteiger partial charge in [0.05, 0.1) is 5.51 Å². The molecule has 2 aromatic rings. The fourth-order valence-electron chi connectivity index (χ4n) is 1.31. The maximum Gasteiger partial charge on any atom is 0.244 e. The predicted octanol–water partition coefficient (Wildman–Crippen LogP) is 1.06. The Morgan fingerprint density at radius 2 is 2.21 bits per heavy atom. The van der Waals surface area contributed by atoms with Crippen LogP contribution in [0.3, 0.4) is 0 Å². The Hall–Kier alpha value is -1.07. The number of thiazole rings is 1. The van der Waals surface area contributed by atoms with E-state index in [1.54, 1.807) is 11.7 Å². The summed E-state index contributed by atoms with van der Waals surface area (Å²) in [6.45, 7) is 0.170. The summed E-state index contributed by atoms with van der Waals surface area (Å²) >= 11 is 4.55. The molecule has 0 aliphatic carbocycles. The van der Waals surface area contributed by atoms with E-state index in [2.05, 4.69) is 36.0 Å². The first-order valence-corrected chi connectivity index (χ1v) is 8.17. The molecule has 102 valence electrons. The molecular formula is C9H10BrN5O2S2. The number of halogens is 1. The van der Waals surface area contributed by atoms with E-state index < -0.39 is 10.0 Å². The molecule has 0 aromatic carbocycles. The number of hydrogen-bond acceptors (Lipinski definition) is 7. The normalized spacial score (nSPS) is 11.5. The monoisotopic (exact) mass is 363 g/mol. The molecule has 7 nitrogen and oxygen atoms in total. The van der Waals surface area contributed by atoms with Crippen LogP contribution in [0.4, 0.5) is 5.82 Å². The van der Waals surface area contributed by atoms with E-state index in [0.717, 1.165) is 4.88 Å². The van der Waals surface area contributed by atoms with Crippen molar-refractivity contribution in [1.82, 2.24) is 14.7 Å². The van der Waals surface area contributed by atoms with Crippen molar-refractivity contribution in [2.24, 2.45) is 5.84 Å². The Morgan fingerprint density at radius 3 is 2.84 bits per heavy atom. The van der Waals surface area contributed by atoms with Crippen molar-refractivity contribution in [3.8, 4) is 0 Å². The number of aromatic nitrogens is 2. The molecule has 0 bridgehead atoms. The minimum atomic E-state index is -3.71. The SMILES string of the molecule is NNc1ncc(Br)cc1S(=O)(=O)NCc1cncs1. The quantitative estimate of drug-likeness (QED) is 0.541. The summed E-state index contributed by atoms with van der Waals surface area (Å²) in [5.41, 5.74) is 3.90. The maximum absolute atomic E-state index is 12.2. The molecule has 0 fully saturated rings. The van der Waals surface area contributed by atoms with Crippen LogP contribution in [0.15, 0.2) is 33.3 Å². The van der Waals surface area contributed by atoms with Crippen LogP contribution < -0.4 is 16.0 Å². The third-order valence-corrected chi connectivity index (χ3v) is 4.79. The van der Waals surface area contributed by atoms with E-state index in [1.807, 2.05) is 0 Å². The lowest BCUT2D eigenvalue weighted by Crippen LogP contribution is -2.25. The second kappa shape index (κ2) is 5.92. The highest BCUT2D eigenvalue weighted by atomic mass is 79.9. The van der Waals surface area contributed by atoms with E-state index in [0.29, 0.717) is 4.47 Å². The van der Waals surface area contributed by atoms with Gasteiger partial charge >= 0.3 is 0 Å². The van der Waals surface area contributed by atoms with Gasteiger partial charge in [0, 0.05) is 28.3 Å². The van der Waals surface area contributed by atoms with E-state index in [-0.39, 0.29) is 17.3 Å². The number of anilines is 1. The number of hydrazine groups is 1. The lowest BCUT2D eigenvalue weighted by molar-refractivity contribution is 0.581. The number of rotatable bonds is 5. The zero-order valence-corrected chi connectivity index (χ0v) is 12.7. The lowest BCUT2D eigenvalue weighted by atomic mass is 10.5. The summed E-state index contributed by atoms with van der Waals surface area (Å²) in [4.78, 5) is 8.57. The molecular weight excluding hydrogens is 354 g/mol. The van der Waals surface area contributed by atoms with Crippen LogP contribution >= 0.6 is 27.3 Å². The largest absolute Gasteiger partial charge is 0.307 e. The number of nitrogens with zero attached hydrogens (tertiary/aromatic N) is 2. The van der Waals surface area contributed by atoms with Crippen molar-refractivity contribution in [2.75, 3.05) is 5.43 Å². The van der Waals surface area contributed by atoms with E-state index in [4.69, 9.17) is 5.84 Å². The van der Waals surface area contributed by atoms with Crippen molar-refractivity contribution in [1.29, 1.82) is 0 Å². The van der Waals surface area contributed by atoms with Crippen LogP contribution in [0.1, 0.15) is 4.88 Å². The number of hydrogen-bond donors (Lipinski definition) is 3. The molecule has 0 radical (unpaired) electrons. The van der Waals surface area contributed by atoms with Crippen LogP contribution in [0, 0.1) is 0 Å². The fourth-order valence-corrected chi connectivity index (χ4v) is 3.57. The lowest BCUT2D eigenvalue weighted by Gasteiger charge is -2.09. The molecule has 0 saturated carbocycles. The third-order valence-electron chi connectivity index (χ3n) is 2.17. The fraction of sp³-hybridized carbons (Fsp3) is 0.111. The molecule has 0 saturated heterocycles. The Labute approximate surface area is 122 Å². The van der Waals surface area contributed by atoms with Crippen LogP contribution in [0.25, 0.3) is 0 Å². The van der Waals surface area contributed by atoms with Gasteiger partial charge in [-0.25, -0.2) is 24.0 Å². The number of nitrogens with two attached hydrogens (primary N) is 1. The molecule has 0 unspecified atom stereocenters. The summed E-state index contributed by atoms with van der Waals surface area (Å²) in [5.74, 6) is 5.34. The number of nitrogen functional groups attached to an aromatic ring is 1. The van der Waals surface area contributed by atoms with E-state index in [9.17, 15) is 8.42 Å². The van der Waals surface area contributed by atoms with Crippen LogP contribution in [0.5, 0.6) is 0 Å². The Kier molecular flexibility index (Phi) is 4.47. The molecule has 10 heteroatoms. The van der Waals surface area contributed by atoms with Crippen LogP contribution in [-0.4, -0.2) is 18.4 Å². The third kappa shape index (κ3) is 3.48. The Morgan fingerprint density at radius 1 is 1.42 bits per heavy atom. The summed E-state index contributed by atoms with van der Waals surface area (Å²) in [6, 6.07) is 1.43. The Balaban J connectivity index is 2.26. The molecule has 2 heterocycles. The van der Waals surface area contributed by atoms with E-state index >= 15 is 0 Å². The van der Waals surface area contributed by atoms with Crippen molar-refractivity contribution >= 4 is 43.1 Å². The van der Waals surface area contributed by atoms with Gasteiger partial charge in [0.15, 0.2) is 5.82 Å². The highest BCUT2D eigenvalue weighted by Crippen LogP contribution is 2.22. The van der Waals surface area contributed by atoms with Gasteiger partial charge in [0.25, 0.3) is 0 Å². The zero-order valence-electron chi connectivity index (χ0n) is 9.50. The smallest absolute Gasteiger partial charge is 0.244 e. The van der Waals surface area contributed by atoms with Crippen molar-refractivity contribution in [2.45, 2.75) is 11.4 Å². The van der Waals surface area contributed by atoms with Gasteiger partial charge in [0.1, 0.15) is 4.90 Å². The first-order chi connectivity index (χ1) is 9.03. The maximum atomic E-state index is 12.2. The van der Waals surface area contributed by atoms with Crippen molar-refractivity contribution in [3.05, 3.63) is 33.3 Å². The average molecular weight is 364 g/mol. The zero-order chi connectivity index (χ0) is 13.9. The van der Waals surface area contributed by atoms with Crippen molar-refractivity contribution in [3.63, 3.8) is 0 Å². The van der Waals surface area contributed by atoms with Gasteiger partial charge in [-0.2, -0.15) is 0 Å². The molecule has 0 aliphatic heterocycles. The van der Waals surface area contributed by atoms with Crippen molar-refractivity contribution < 1.29 is 8.42 Å². The van der Waals surface area contributed by atoms with Gasteiger partial charge in [-0.15, -0.1) is 11.3 Å². The van der Waals surface area contributed by atoms with Gasteiger partial charge in [-0.1, -0.05) is 0 Å². The van der Waals surface area contributed by atoms with Gasteiger partial charge in [-0.3, -0.25) is 4.98 Å². The minimum absolute atomic E-state index is 0.0195. The average Bonchev–Trinajstić information content (AvgIpc) is 2.89. The molecule has 2 aromatic heterocycles. The number of sulfonamides is 1. The highest BCUT2D eigenvalue weighted by molar-refractivity contribution is 9.10. The number of nitrogens with one attached hydrogen (secondary N) is 2. The summed E-state index contributed by atoms with van der Waals surface area (Å²) in [7, 11) is -3.71. The predicted molar refractivity (Wildman–Crippen MR) is 75.9 cm³/mol. The second-order valence-electron chi connectivity index (χ2n) is 3.44. The van der Waals surface area contributed by atoms with Gasteiger partial charge in [-0.05, 0) is 22.0 Å². The van der Waals surface area contributed by atoms with Gasteiger partial charge < -0.3 is 5.43 Å². The van der Waals surface area contributed by atoms with Crippen LogP contribution in [-0.2, 0) is 16.6 Å². The second-order valence-corrected chi connectivity index (χ2v) is 7.06.